The van der Waals surface area contributed by atoms with Crippen LogP contribution in [0.4, 0.5) is 5.69 Å². The van der Waals surface area contributed by atoms with Crippen LogP contribution in [0.1, 0.15) is 38.2 Å². The first-order valence-electron chi connectivity index (χ1n) is 9.53. The number of halogens is 2. The average molecular weight is 419 g/mol. The van der Waals surface area contributed by atoms with E-state index in [0.717, 1.165) is 42.7 Å². The molecule has 0 fully saturated rings. The van der Waals surface area contributed by atoms with Crippen molar-refractivity contribution in [3.63, 3.8) is 0 Å². The summed E-state index contributed by atoms with van der Waals surface area (Å²) in [6.07, 6.45) is 4.65. The highest BCUT2D eigenvalue weighted by Crippen LogP contribution is 2.30. The number of hydrogen-bond donors (Lipinski definition) is 1. The van der Waals surface area contributed by atoms with Crippen LogP contribution in [0.15, 0.2) is 18.2 Å². The number of esters is 1. The Labute approximate surface area is 173 Å². The molecule has 1 rings (SSSR count). The van der Waals surface area contributed by atoms with Gasteiger partial charge in [-0.05, 0) is 30.5 Å². The van der Waals surface area contributed by atoms with Crippen LogP contribution >= 0.6 is 23.2 Å². The molecule has 1 aromatic rings. The van der Waals surface area contributed by atoms with E-state index in [2.05, 4.69) is 11.8 Å². The van der Waals surface area contributed by atoms with Crippen molar-refractivity contribution < 1.29 is 14.3 Å². The first-order chi connectivity index (χ1) is 13.1. The van der Waals surface area contributed by atoms with Crippen molar-refractivity contribution in [1.82, 2.24) is 0 Å². The third-order valence-electron chi connectivity index (χ3n) is 4.29. The molecule has 7 heteroatoms. The van der Waals surface area contributed by atoms with Gasteiger partial charge < -0.3 is 20.1 Å². The fourth-order valence-electron chi connectivity index (χ4n) is 2.81. The predicted octanol–water partition coefficient (Wildman–Crippen LogP) is 3.97. The summed E-state index contributed by atoms with van der Waals surface area (Å²) in [6, 6.07) is 5.08. The van der Waals surface area contributed by atoms with Crippen molar-refractivity contribution in [2.24, 2.45) is 5.73 Å². The number of nitrogens with two attached hydrogens (primary N) is 1. The van der Waals surface area contributed by atoms with Crippen molar-refractivity contribution >= 4 is 34.9 Å². The molecule has 0 aromatic heterocycles. The lowest BCUT2D eigenvalue weighted by Gasteiger charge is -2.25. The fraction of sp³-hybridized carbons (Fsp3) is 0.650. The molecule has 27 heavy (non-hydrogen) atoms. The Hall–Kier alpha value is -1.17. The Balaban J connectivity index is 2.73. The molecule has 2 N–H and O–H groups in total. The number of nitrogens with zero attached hydrogens (tertiary/aromatic N) is 1. The van der Waals surface area contributed by atoms with E-state index in [1.165, 1.54) is 0 Å². The molecular formula is C20H32Cl2N2O3. The minimum atomic E-state index is -0.688. The second-order valence-electron chi connectivity index (χ2n) is 6.41. The molecule has 5 nitrogen and oxygen atoms in total. The van der Waals surface area contributed by atoms with E-state index < -0.39 is 6.04 Å². The number of alkyl halides is 2. The van der Waals surface area contributed by atoms with Crippen molar-refractivity contribution in [3.05, 3.63) is 23.8 Å². The predicted molar refractivity (Wildman–Crippen MR) is 113 cm³/mol. The third-order valence-corrected chi connectivity index (χ3v) is 4.63. The SMILES string of the molecule is CCCCCCOC(=O)[C@H](N)Cc1ccc(OC)c(N(CCCl)CCCl)c1. The summed E-state index contributed by atoms with van der Waals surface area (Å²) in [7, 11) is 1.62. The van der Waals surface area contributed by atoms with Crippen molar-refractivity contribution in [2.75, 3.05) is 43.5 Å². The molecular weight excluding hydrogens is 387 g/mol. The fourth-order valence-corrected chi connectivity index (χ4v) is 3.22. The highest BCUT2D eigenvalue weighted by molar-refractivity contribution is 6.18. The average Bonchev–Trinajstić information content (AvgIpc) is 2.67. The Bertz CT molecular complexity index is 552. The van der Waals surface area contributed by atoms with E-state index >= 15 is 0 Å². The topological polar surface area (TPSA) is 64.8 Å². The number of anilines is 1. The Morgan fingerprint density at radius 1 is 1.19 bits per heavy atom. The van der Waals surface area contributed by atoms with Gasteiger partial charge in [-0.1, -0.05) is 32.3 Å². The van der Waals surface area contributed by atoms with Crippen LogP contribution in [0.3, 0.4) is 0 Å². The largest absolute Gasteiger partial charge is 0.495 e. The van der Waals surface area contributed by atoms with Gasteiger partial charge in [-0.25, -0.2) is 0 Å². The van der Waals surface area contributed by atoms with Gasteiger partial charge in [0.1, 0.15) is 11.8 Å². The normalized spacial score (nSPS) is 11.9. The third kappa shape index (κ3) is 8.58. The minimum Gasteiger partial charge on any atom is -0.495 e. The summed E-state index contributed by atoms with van der Waals surface area (Å²) in [5.41, 5.74) is 7.88. The highest BCUT2D eigenvalue weighted by Gasteiger charge is 2.18. The number of carbonyl (C=O) groups excluding carboxylic acids is 1. The molecule has 0 amide bonds. The number of rotatable bonds is 14. The van der Waals surface area contributed by atoms with Gasteiger partial charge in [-0.2, -0.15) is 0 Å². The Kier molecular flexibility index (Phi) is 12.3. The van der Waals surface area contributed by atoms with Gasteiger partial charge in [0.25, 0.3) is 0 Å². The molecule has 0 saturated heterocycles. The number of hydrogen-bond acceptors (Lipinski definition) is 5. The Morgan fingerprint density at radius 2 is 1.89 bits per heavy atom. The van der Waals surface area contributed by atoms with Crippen LogP contribution in [-0.4, -0.2) is 50.6 Å². The lowest BCUT2D eigenvalue weighted by molar-refractivity contribution is -0.145. The lowest BCUT2D eigenvalue weighted by Crippen LogP contribution is -2.34. The summed E-state index contributed by atoms with van der Waals surface area (Å²) in [4.78, 5) is 14.2. The summed E-state index contributed by atoms with van der Waals surface area (Å²) < 4.78 is 10.7. The molecule has 0 unspecified atom stereocenters. The number of carbonyl (C=O) groups is 1. The first kappa shape index (κ1) is 23.9. The second-order valence-corrected chi connectivity index (χ2v) is 7.17. The minimum absolute atomic E-state index is 0.359. The van der Waals surface area contributed by atoms with Crippen LogP contribution in [0.5, 0.6) is 5.75 Å². The van der Waals surface area contributed by atoms with E-state index in [1.54, 1.807) is 7.11 Å². The van der Waals surface area contributed by atoms with Gasteiger partial charge >= 0.3 is 5.97 Å². The van der Waals surface area contributed by atoms with Crippen LogP contribution < -0.4 is 15.4 Å². The molecule has 1 aromatic carbocycles. The molecule has 0 saturated carbocycles. The van der Waals surface area contributed by atoms with Gasteiger partial charge in [-0.15, -0.1) is 23.2 Å². The molecule has 0 heterocycles. The number of methoxy groups -OCH3 is 1. The lowest BCUT2D eigenvalue weighted by atomic mass is 10.0. The van der Waals surface area contributed by atoms with Crippen LogP contribution in [-0.2, 0) is 16.0 Å². The Morgan fingerprint density at radius 3 is 2.48 bits per heavy atom. The summed E-state index contributed by atoms with van der Waals surface area (Å²) in [5, 5.41) is 0. The quantitative estimate of drug-likeness (QED) is 0.281. The molecule has 0 spiro atoms. The van der Waals surface area contributed by atoms with E-state index in [1.807, 2.05) is 18.2 Å². The van der Waals surface area contributed by atoms with Gasteiger partial charge in [0.15, 0.2) is 0 Å². The maximum absolute atomic E-state index is 12.1. The highest BCUT2D eigenvalue weighted by atomic mass is 35.5. The maximum atomic E-state index is 12.1. The van der Waals surface area contributed by atoms with E-state index in [9.17, 15) is 4.79 Å². The molecule has 0 aliphatic rings. The maximum Gasteiger partial charge on any atom is 0.323 e. The van der Waals surface area contributed by atoms with Gasteiger partial charge in [0.2, 0.25) is 0 Å². The molecule has 1 atom stereocenters. The second kappa shape index (κ2) is 13.9. The monoisotopic (exact) mass is 418 g/mol. The van der Waals surface area contributed by atoms with Crippen molar-refractivity contribution in [3.8, 4) is 5.75 Å². The molecule has 0 radical (unpaired) electrons. The number of benzene rings is 1. The number of ether oxygens (including phenoxy) is 2. The van der Waals surface area contributed by atoms with Gasteiger partial charge in [-0.3, -0.25) is 4.79 Å². The smallest absolute Gasteiger partial charge is 0.323 e. The standard InChI is InChI=1S/C20H32Cl2N2O3/c1-3-4-5-6-13-27-20(25)17(23)14-16-7-8-19(26-2)18(15-16)24(11-9-21)12-10-22/h7-8,15,17H,3-6,9-14,23H2,1-2H3/t17-/m1/s1. The van der Waals surface area contributed by atoms with Gasteiger partial charge in [0, 0.05) is 24.8 Å². The van der Waals surface area contributed by atoms with Gasteiger partial charge in [0.05, 0.1) is 19.4 Å². The van der Waals surface area contributed by atoms with Crippen LogP contribution in [0.25, 0.3) is 0 Å². The zero-order valence-corrected chi connectivity index (χ0v) is 17.9. The van der Waals surface area contributed by atoms with Crippen LogP contribution in [0, 0.1) is 0 Å². The van der Waals surface area contributed by atoms with Crippen LogP contribution in [0.2, 0.25) is 0 Å². The number of unbranched alkanes of at least 4 members (excludes halogenated alkanes) is 3. The zero-order valence-electron chi connectivity index (χ0n) is 16.4. The summed E-state index contributed by atoms with van der Waals surface area (Å²) in [6.45, 7) is 3.88. The molecule has 0 aliphatic carbocycles. The molecule has 154 valence electrons. The molecule has 0 aliphatic heterocycles. The van der Waals surface area contributed by atoms with E-state index in [4.69, 9.17) is 38.4 Å². The van der Waals surface area contributed by atoms with Crippen molar-refractivity contribution in [1.29, 1.82) is 0 Å². The van der Waals surface area contributed by atoms with E-state index in [-0.39, 0.29) is 5.97 Å². The summed E-state index contributed by atoms with van der Waals surface area (Å²) in [5.74, 6) is 1.34. The zero-order chi connectivity index (χ0) is 20.1. The first-order valence-corrected chi connectivity index (χ1v) is 10.6. The summed E-state index contributed by atoms with van der Waals surface area (Å²) >= 11 is 11.8. The van der Waals surface area contributed by atoms with E-state index in [0.29, 0.717) is 37.9 Å². The van der Waals surface area contributed by atoms with Crippen molar-refractivity contribution in [2.45, 2.75) is 45.1 Å². The molecule has 0 bridgehead atoms.